The van der Waals surface area contributed by atoms with E-state index in [1.54, 1.807) is 6.20 Å². The third kappa shape index (κ3) is 6.11. The van der Waals surface area contributed by atoms with E-state index in [1.807, 2.05) is 37.3 Å². The van der Waals surface area contributed by atoms with Crippen molar-refractivity contribution in [2.45, 2.75) is 51.2 Å². The van der Waals surface area contributed by atoms with Crippen LogP contribution in [-0.2, 0) is 6.54 Å². The largest absolute Gasteiger partial charge is 0.492 e. The average molecular weight is 603 g/mol. The summed E-state index contributed by atoms with van der Waals surface area (Å²) in [5, 5.41) is 7.29. The number of nitrogens with zero attached hydrogens (tertiary/aromatic N) is 6. The number of piperidine rings is 2. The van der Waals surface area contributed by atoms with Gasteiger partial charge in [0.25, 0.3) is 6.01 Å². The second-order valence-corrected chi connectivity index (χ2v) is 11.5. The van der Waals surface area contributed by atoms with Crippen molar-refractivity contribution in [1.82, 2.24) is 30.2 Å². The molecule has 43 heavy (non-hydrogen) atoms. The molecule has 0 aliphatic carbocycles. The smallest absolute Gasteiger partial charge is 0.303 e. The third-order valence-corrected chi connectivity index (χ3v) is 8.53. The summed E-state index contributed by atoms with van der Waals surface area (Å²) in [6, 6.07) is 15.2. The number of aromatic nitrogens is 4. The van der Waals surface area contributed by atoms with E-state index in [9.17, 15) is 0 Å². The second kappa shape index (κ2) is 12.4. The Labute approximate surface area is 254 Å². The minimum absolute atomic E-state index is 0.333. The Morgan fingerprint density at radius 1 is 0.977 bits per heavy atom. The summed E-state index contributed by atoms with van der Waals surface area (Å²) >= 11 is 6.31. The lowest BCUT2D eigenvalue weighted by molar-refractivity contribution is 0.191. The molecular weight excluding hydrogens is 568 g/mol. The molecule has 0 bridgehead atoms. The fraction of sp³-hybridized carbons (Fsp3) is 0.419. The molecule has 4 aromatic heterocycles. The van der Waals surface area contributed by atoms with E-state index in [-0.39, 0.29) is 0 Å². The first-order valence-corrected chi connectivity index (χ1v) is 15.4. The zero-order chi connectivity index (χ0) is 29.2. The van der Waals surface area contributed by atoms with Crippen LogP contribution < -0.4 is 20.3 Å². The number of anilines is 3. The lowest BCUT2D eigenvalue weighted by Crippen LogP contribution is -2.52. The Morgan fingerprint density at radius 3 is 2.60 bits per heavy atom. The lowest BCUT2D eigenvalue weighted by atomic mass is 9.97. The summed E-state index contributed by atoms with van der Waals surface area (Å²) in [5.41, 5.74) is 3.58. The van der Waals surface area contributed by atoms with Crippen LogP contribution in [-0.4, -0.2) is 69.7 Å². The molecule has 1 aromatic carbocycles. The number of ether oxygens (including phenoxy) is 1. The number of pyridine rings is 2. The van der Waals surface area contributed by atoms with Crippen LogP contribution in [0.2, 0.25) is 5.02 Å². The molecule has 11 nitrogen and oxygen atoms in total. The van der Waals surface area contributed by atoms with Gasteiger partial charge in [0.1, 0.15) is 11.6 Å². The van der Waals surface area contributed by atoms with Crippen LogP contribution in [0.1, 0.15) is 38.2 Å². The van der Waals surface area contributed by atoms with Gasteiger partial charge in [-0.05, 0) is 87.7 Å². The monoisotopic (exact) mass is 602 g/mol. The minimum atomic E-state index is 0.333. The Kier molecular flexibility index (Phi) is 8.01. The topological polar surface area (TPSA) is 118 Å². The number of nitrogens with one attached hydrogen (secondary N) is 2. The molecule has 0 unspecified atom stereocenters. The molecule has 7 rings (SSSR count). The maximum absolute atomic E-state index is 6.37. The molecule has 0 spiro atoms. The molecule has 2 saturated heterocycles. The van der Waals surface area contributed by atoms with Crippen molar-refractivity contribution in [2.24, 2.45) is 0 Å². The van der Waals surface area contributed by atoms with Crippen molar-refractivity contribution in [3.05, 3.63) is 59.2 Å². The third-order valence-electron chi connectivity index (χ3n) is 8.22. The highest BCUT2D eigenvalue weighted by Crippen LogP contribution is 2.33. The van der Waals surface area contributed by atoms with Crippen LogP contribution >= 0.6 is 11.6 Å². The van der Waals surface area contributed by atoms with E-state index in [1.165, 1.54) is 5.56 Å². The summed E-state index contributed by atoms with van der Waals surface area (Å²) in [4.78, 5) is 23.2. The molecule has 0 radical (unpaired) electrons. The molecule has 224 valence electrons. The van der Waals surface area contributed by atoms with Crippen molar-refractivity contribution in [3.8, 4) is 5.75 Å². The molecule has 2 fully saturated rings. The zero-order valence-corrected chi connectivity index (χ0v) is 24.9. The average Bonchev–Trinajstić information content (AvgIpc) is 3.64. The highest BCUT2D eigenvalue weighted by atomic mass is 35.5. The van der Waals surface area contributed by atoms with Crippen LogP contribution in [0.15, 0.2) is 57.5 Å². The lowest BCUT2D eigenvalue weighted by Gasteiger charge is -2.43. The Hall–Kier alpha value is -3.93. The molecule has 12 heteroatoms. The van der Waals surface area contributed by atoms with Crippen molar-refractivity contribution in [2.75, 3.05) is 43.0 Å². The second-order valence-electron chi connectivity index (χ2n) is 11.1. The van der Waals surface area contributed by atoms with Gasteiger partial charge in [0.05, 0.1) is 11.6 Å². The maximum Gasteiger partial charge on any atom is 0.303 e. The van der Waals surface area contributed by atoms with Gasteiger partial charge in [-0.1, -0.05) is 17.7 Å². The molecule has 5 aromatic rings. The number of likely N-dealkylation sites (tertiary alicyclic amines) is 1. The van der Waals surface area contributed by atoms with E-state index < -0.39 is 0 Å². The van der Waals surface area contributed by atoms with Gasteiger partial charge in [-0.25, -0.2) is 9.97 Å². The highest BCUT2D eigenvalue weighted by molar-refractivity contribution is 6.32. The standard InChI is InChI=1S/C31H35ClN8O3/c1-2-41-26-18-20(5-6-23(26)32)19-39-16-11-22(12-17-39)40(21-9-14-33-15-10-21)31-38-29-25(43-31)7-8-27(35-29)36-30-37-28-24(42-30)4-3-13-34-28/h3-8,13,18,21-22,33H,2,9-12,14-17,19H2,1H3,(H,34,35,36,37). The minimum Gasteiger partial charge on any atom is -0.492 e. The quantitative estimate of drug-likeness (QED) is 0.214. The van der Waals surface area contributed by atoms with Crippen LogP contribution in [0.3, 0.4) is 0 Å². The molecule has 2 aliphatic heterocycles. The van der Waals surface area contributed by atoms with Gasteiger partial charge in [0.2, 0.25) is 11.3 Å². The first-order valence-electron chi connectivity index (χ1n) is 15.0. The highest BCUT2D eigenvalue weighted by Gasteiger charge is 2.34. The Morgan fingerprint density at radius 2 is 1.79 bits per heavy atom. The number of oxazole rings is 2. The number of halogens is 1. The van der Waals surface area contributed by atoms with Gasteiger partial charge in [0.15, 0.2) is 11.2 Å². The van der Waals surface area contributed by atoms with Gasteiger partial charge < -0.3 is 23.8 Å². The Bertz CT molecular complexity index is 1660. The molecule has 0 atom stereocenters. The predicted octanol–water partition coefficient (Wildman–Crippen LogP) is 5.78. The first-order chi connectivity index (χ1) is 21.1. The van der Waals surface area contributed by atoms with Crippen molar-refractivity contribution < 1.29 is 13.6 Å². The normalized spacial score (nSPS) is 17.1. The van der Waals surface area contributed by atoms with Crippen LogP contribution in [0, 0.1) is 0 Å². The number of hydrogen-bond acceptors (Lipinski definition) is 11. The summed E-state index contributed by atoms with van der Waals surface area (Å²) in [5.74, 6) is 1.33. The molecule has 0 amide bonds. The van der Waals surface area contributed by atoms with Crippen LogP contribution in [0.5, 0.6) is 5.75 Å². The van der Waals surface area contributed by atoms with Gasteiger partial charge >= 0.3 is 6.01 Å². The van der Waals surface area contributed by atoms with Gasteiger partial charge in [-0.2, -0.15) is 9.97 Å². The molecule has 0 saturated carbocycles. The fourth-order valence-corrected chi connectivity index (χ4v) is 6.31. The summed E-state index contributed by atoms with van der Waals surface area (Å²) in [6.45, 7) is 7.41. The first kappa shape index (κ1) is 27.9. The van der Waals surface area contributed by atoms with Crippen molar-refractivity contribution >= 4 is 51.9 Å². The maximum atomic E-state index is 6.37. The van der Waals surface area contributed by atoms with Crippen LogP contribution in [0.4, 0.5) is 17.8 Å². The summed E-state index contributed by atoms with van der Waals surface area (Å²) in [7, 11) is 0. The van der Waals surface area contributed by atoms with E-state index in [4.69, 9.17) is 35.1 Å². The van der Waals surface area contributed by atoms with Crippen LogP contribution in [0.25, 0.3) is 22.5 Å². The number of rotatable bonds is 9. The predicted molar refractivity (Wildman–Crippen MR) is 166 cm³/mol. The number of hydrogen-bond donors (Lipinski definition) is 2. The SMILES string of the molecule is CCOc1cc(CN2CCC(N(c3nc4nc(Nc5nc6ncccc6o5)ccc4o3)C3CCNCC3)CC2)ccc1Cl. The van der Waals surface area contributed by atoms with E-state index in [0.717, 1.165) is 64.2 Å². The number of benzene rings is 1. The van der Waals surface area contributed by atoms with Crippen molar-refractivity contribution in [1.29, 1.82) is 0 Å². The molecular formula is C31H35ClN8O3. The van der Waals surface area contributed by atoms with E-state index in [2.05, 4.69) is 42.5 Å². The summed E-state index contributed by atoms with van der Waals surface area (Å²) < 4.78 is 17.8. The van der Waals surface area contributed by atoms with Gasteiger partial charge in [0, 0.05) is 37.9 Å². The number of fused-ring (bicyclic) bond motifs is 2. The van der Waals surface area contributed by atoms with Crippen molar-refractivity contribution in [3.63, 3.8) is 0 Å². The van der Waals surface area contributed by atoms with Gasteiger partial charge in [-0.15, -0.1) is 0 Å². The molecule has 2 N–H and O–H groups in total. The van der Waals surface area contributed by atoms with E-state index >= 15 is 0 Å². The summed E-state index contributed by atoms with van der Waals surface area (Å²) in [6.07, 6.45) is 5.85. The molecule has 6 heterocycles. The Balaban J connectivity index is 1.08. The van der Waals surface area contributed by atoms with Gasteiger partial charge in [-0.3, -0.25) is 10.2 Å². The fourth-order valence-electron chi connectivity index (χ4n) is 6.14. The molecule has 2 aliphatic rings. The van der Waals surface area contributed by atoms with E-state index in [0.29, 0.717) is 64.0 Å². The zero-order valence-electron chi connectivity index (χ0n) is 24.1.